The molecular formula is C19H13Cl3N2O2S2. The first kappa shape index (κ1) is 21.1. The summed E-state index contributed by atoms with van der Waals surface area (Å²) in [6.07, 6.45) is 1.78. The Bertz CT molecular complexity index is 995. The number of hydrogen-bond donors (Lipinski definition) is 1. The lowest BCUT2D eigenvalue weighted by Crippen LogP contribution is -2.31. The summed E-state index contributed by atoms with van der Waals surface area (Å²) in [5.74, 6) is -0.527. The summed E-state index contributed by atoms with van der Waals surface area (Å²) in [4.78, 5) is 26.7. The van der Waals surface area contributed by atoms with Crippen LogP contribution in [0.3, 0.4) is 0 Å². The van der Waals surface area contributed by atoms with Gasteiger partial charge in [-0.05, 0) is 35.9 Å². The summed E-state index contributed by atoms with van der Waals surface area (Å²) >= 11 is 24.5. The van der Waals surface area contributed by atoms with Crippen molar-refractivity contribution in [2.24, 2.45) is 0 Å². The van der Waals surface area contributed by atoms with Crippen molar-refractivity contribution in [2.75, 3.05) is 11.9 Å². The summed E-state index contributed by atoms with van der Waals surface area (Å²) in [6, 6.07) is 12.0. The molecule has 0 aromatic heterocycles. The molecule has 1 aliphatic rings. The standard InChI is InChI=1S/C19H13Cl3N2O2S2/c20-12-5-6-15(14(22)10-12)23-17(25)7-8-24-18(26)16(28-19(24)27)9-11-3-1-2-4-13(11)21/h1-6,9-10H,7-8H2,(H,23,25)/b16-9-. The first-order chi connectivity index (χ1) is 13.3. The number of nitrogens with one attached hydrogen (secondary N) is 1. The SMILES string of the molecule is O=C(CCN1C(=O)/C(=C/c2ccccc2Cl)SC1=S)Nc1ccc(Cl)cc1Cl. The molecule has 2 aromatic rings. The second kappa shape index (κ2) is 9.29. The lowest BCUT2D eigenvalue weighted by Gasteiger charge is -2.14. The van der Waals surface area contributed by atoms with Crippen LogP contribution in [-0.4, -0.2) is 27.6 Å². The van der Waals surface area contributed by atoms with Gasteiger partial charge in [0.1, 0.15) is 4.32 Å². The predicted molar refractivity (Wildman–Crippen MR) is 121 cm³/mol. The molecule has 0 aliphatic carbocycles. The largest absolute Gasteiger partial charge is 0.325 e. The summed E-state index contributed by atoms with van der Waals surface area (Å²) in [5, 5.41) is 4.07. The molecule has 1 heterocycles. The summed E-state index contributed by atoms with van der Waals surface area (Å²) < 4.78 is 0.403. The Kier molecular flexibility index (Phi) is 7.01. The lowest BCUT2D eigenvalue weighted by molar-refractivity contribution is -0.122. The Morgan fingerprint density at radius 2 is 1.89 bits per heavy atom. The number of carbonyl (C=O) groups is 2. The zero-order valence-electron chi connectivity index (χ0n) is 14.2. The van der Waals surface area contributed by atoms with E-state index >= 15 is 0 Å². The van der Waals surface area contributed by atoms with Gasteiger partial charge in [0.2, 0.25) is 5.91 Å². The number of thiocarbonyl (C=S) groups is 1. The molecule has 1 N–H and O–H groups in total. The number of carbonyl (C=O) groups excluding carboxylic acids is 2. The van der Waals surface area contributed by atoms with Gasteiger partial charge in [-0.1, -0.05) is 77.0 Å². The molecule has 1 fully saturated rings. The highest BCUT2D eigenvalue weighted by Crippen LogP contribution is 2.34. The zero-order valence-corrected chi connectivity index (χ0v) is 18.1. The van der Waals surface area contributed by atoms with Gasteiger partial charge in [0.05, 0.1) is 15.6 Å². The van der Waals surface area contributed by atoms with Crippen LogP contribution in [0.2, 0.25) is 15.1 Å². The van der Waals surface area contributed by atoms with Crippen LogP contribution in [0.4, 0.5) is 5.69 Å². The highest BCUT2D eigenvalue weighted by molar-refractivity contribution is 8.26. The van der Waals surface area contributed by atoms with Crippen molar-refractivity contribution in [3.8, 4) is 0 Å². The second-order valence-corrected chi connectivity index (χ2v) is 8.70. The molecule has 0 unspecified atom stereocenters. The van der Waals surface area contributed by atoms with Crippen LogP contribution in [0.15, 0.2) is 47.4 Å². The van der Waals surface area contributed by atoms with Gasteiger partial charge >= 0.3 is 0 Å². The molecule has 0 radical (unpaired) electrons. The highest BCUT2D eigenvalue weighted by Gasteiger charge is 2.32. The minimum atomic E-state index is -0.284. The van der Waals surface area contributed by atoms with Crippen molar-refractivity contribution in [1.29, 1.82) is 0 Å². The maximum atomic E-state index is 12.6. The van der Waals surface area contributed by atoms with E-state index < -0.39 is 0 Å². The third-order valence-electron chi connectivity index (χ3n) is 3.83. The average Bonchev–Trinajstić information content (AvgIpc) is 2.91. The Labute approximate surface area is 186 Å². The molecule has 0 atom stereocenters. The predicted octanol–water partition coefficient (Wildman–Crippen LogP) is 5.88. The quantitative estimate of drug-likeness (QED) is 0.437. The number of amides is 2. The molecule has 3 rings (SSSR count). The van der Waals surface area contributed by atoms with E-state index in [1.54, 1.807) is 30.3 Å². The third kappa shape index (κ3) is 5.07. The van der Waals surface area contributed by atoms with E-state index in [0.29, 0.717) is 30.0 Å². The van der Waals surface area contributed by atoms with Crippen LogP contribution in [-0.2, 0) is 9.59 Å². The van der Waals surface area contributed by atoms with Crippen LogP contribution in [0.1, 0.15) is 12.0 Å². The van der Waals surface area contributed by atoms with E-state index in [1.165, 1.54) is 16.7 Å². The van der Waals surface area contributed by atoms with Crippen LogP contribution >= 0.6 is 58.8 Å². The Balaban J connectivity index is 1.63. The molecule has 1 saturated heterocycles. The molecule has 1 aliphatic heterocycles. The monoisotopic (exact) mass is 470 g/mol. The Morgan fingerprint density at radius 3 is 2.61 bits per heavy atom. The van der Waals surface area contributed by atoms with Gasteiger partial charge in [0.15, 0.2) is 0 Å². The number of rotatable bonds is 5. The van der Waals surface area contributed by atoms with Gasteiger partial charge in [0.25, 0.3) is 5.91 Å². The number of halogens is 3. The average molecular weight is 472 g/mol. The van der Waals surface area contributed by atoms with Gasteiger partial charge < -0.3 is 5.32 Å². The molecule has 9 heteroatoms. The van der Waals surface area contributed by atoms with E-state index in [2.05, 4.69) is 5.32 Å². The maximum absolute atomic E-state index is 12.6. The van der Waals surface area contributed by atoms with Crippen LogP contribution in [0.5, 0.6) is 0 Å². The number of nitrogens with zero attached hydrogens (tertiary/aromatic N) is 1. The molecule has 28 heavy (non-hydrogen) atoms. The van der Waals surface area contributed by atoms with Crippen molar-refractivity contribution < 1.29 is 9.59 Å². The van der Waals surface area contributed by atoms with Crippen molar-refractivity contribution in [1.82, 2.24) is 4.90 Å². The van der Waals surface area contributed by atoms with Gasteiger partial charge in [-0.2, -0.15) is 0 Å². The lowest BCUT2D eigenvalue weighted by atomic mass is 10.2. The number of anilines is 1. The first-order valence-corrected chi connectivity index (χ1v) is 10.5. The summed E-state index contributed by atoms with van der Waals surface area (Å²) in [5.41, 5.74) is 1.19. The van der Waals surface area contributed by atoms with Crippen molar-refractivity contribution in [2.45, 2.75) is 6.42 Å². The van der Waals surface area contributed by atoms with Gasteiger partial charge in [-0.25, -0.2) is 0 Å². The molecule has 2 amide bonds. The normalized spacial score (nSPS) is 15.4. The second-order valence-electron chi connectivity index (χ2n) is 5.78. The minimum absolute atomic E-state index is 0.0742. The van der Waals surface area contributed by atoms with E-state index in [1.807, 2.05) is 18.2 Å². The topological polar surface area (TPSA) is 49.4 Å². The smallest absolute Gasteiger partial charge is 0.266 e. The Morgan fingerprint density at radius 1 is 1.14 bits per heavy atom. The van der Waals surface area contributed by atoms with E-state index in [-0.39, 0.29) is 24.8 Å². The molecule has 4 nitrogen and oxygen atoms in total. The van der Waals surface area contributed by atoms with Crippen LogP contribution < -0.4 is 5.32 Å². The maximum Gasteiger partial charge on any atom is 0.266 e. The van der Waals surface area contributed by atoms with Crippen molar-refractivity contribution in [3.63, 3.8) is 0 Å². The Hall–Kier alpha value is -1.57. The van der Waals surface area contributed by atoms with Gasteiger partial charge in [-0.15, -0.1) is 0 Å². The van der Waals surface area contributed by atoms with E-state index in [0.717, 1.165) is 5.56 Å². The summed E-state index contributed by atoms with van der Waals surface area (Å²) in [6.45, 7) is 0.168. The molecular weight excluding hydrogens is 459 g/mol. The first-order valence-electron chi connectivity index (χ1n) is 8.10. The third-order valence-corrected chi connectivity index (χ3v) is 6.10. The van der Waals surface area contributed by atoms with Gasteiger partial charge in [-0.3, -0.25) is 14.5 Å². The van der Waals surface area contributed by atoms with E-state index in [9.17, 15) is 9.59 Å². The minimum Gasteiger partial charge on any atom is -0.325 e. The summed E-state index contributed by atoms with van der Waals surface area (Å²) in [7, 11) is 0. The van der Waals surface area contributed by atoms with Crippen LogP contribution in [0.25, 0.3) is 6.08 Å². The molecule has 0 bridgehead atoms. The zero-order chi connectivity index (χ0) is 20.3. The molecule has 0 saturated carbocycles. The fourth-order valence-electron chi connectivity index (χ4n) is 2.44. The molecule has 2 aromatic carbocycles. The number of benzene rings is 2. The van der Waals surface area contributed by atoms with Gasteiger partial charge in [0, 0.05) is 23.0 Å². The van der Waals surface area contributed by atoms with Crippen LogP contribution in [0, 0.1) is 0 Å². The molecule has 144 valence electrons. The van der Waals surface area contributed by atoms with Crippen molar-refractivity contribution in [3.05, 3.63) is 68.0 Å². The fraction of sp³-hybridized carbons (Fsp3) is 0.105. The highest BCUT2D eigenvalue weighted by atomic mass is 35.5. The van der Waals surface area contributed by atoms with Crippen molar-refractivity contribution >= 4 is 86.7 Å². The number of hydrogen-bond acceptors (Lipinski definition) is 4. The number of thioether (sulfide) groups is 1. The van der Waals surface area contributed by atoms with E-state index in [4.69, 9.17) is 47.0 Å². The molecule has 0 spiro atoms. The fourth-order valence-corrected chi connectivity index (χ4v) is 4.39.